The van der Waals surface area contributed by atoms with Gasteiger partial charge in [0, 0.05) is 36.9 Å². The minimum Gasteiger partial charge on any atom is -0.352 e. The van der Waals surface area contributed by atoms with Crippen LogP contribution in [0.3, 0.4) is 0 Å². The lowest BCUT2D eigenvalue weighted by atomic mass is 9.72. The summed E-state index contributed by atoms with van der Waals surface area (Å²) in [6.45, 7) is 5.24. The molecule has 0 aliphatic carbocycles. The van der Waals surface area contributed by atoms with Crippen LogP contribution in [0.25, 0.3) is 10.4 Å². The van der Waals surface area contributed by atoms with Crippen LogP contribution in [-0.2, 0) is 11.2 Å². The van der Waals surface area contributed by atoms with Gasteiger partial charge in [-0.1, -0.05) is 36.4 Å². The normalized spacial score (nSPS) is 15.2. The summed E-state index contributed by atoms with van der Waals surface area (Å²) in [4.78, 5) is 33.2. The van der Waals surface area contributed by atoms with Crippen LogP contribution >= 0.6 is 11.3 Å². The molecule has 1 saturated heterocycles. The summed E-state index contributed by atoms with van der Waals surface area (Å²) in [7, 11) is 0. The van der Waals surface area contributed by atoms with Crippen LogP contribution in [0.2, 0.25) is 0 Å². The molecule has 4 rings (SSSR count). The Morgan fingerprint density at radius 3 is 2.69 bits per heavy atom. The number of nitrogens with zero attached hydrogens (tertiary/aromatic N) is 2. The van der Waals surface area contributed by atoms with Gasteiger partial charge >= 0.3 is 0 Å². The largest absolute Gasteiger partial charge is 0.352 e. The van der Waals surface area contributed by atoms with E-state index in [0.717, 1.165) is 5.56 Å². The van der Waals surface area contributed by atoms with Gasteiger partial charge in [-0.05, 0) is 54.0 Å². The molecule has 1 aliphatic rings. The van der Waals surface area contributed by atoms with E-state index >= 15 is 0 Å². The fourth-order valence-electron chi connectivity index (χ4n) is 4.31. The van der Waals surface area contributed by atoms with Gasteiger partial charge in [-0.2, -0.15) is 0 Å². The molecule has 3 aromatic rings. The monoisotopic (exact) mass is 445 g/mol. The van der Waals surface area contributed by atoms with Crippen LogP contribution in [0.5, 0.6) is 0 Å². The van der Waals surface area contributed by atoms with Gasteiger partial charge < -0.3 is 10.2 Å². The molecule has 0 bridgehead atoms. The van der Waals surface area contributed by atoms with E-state index in [2.05, 4.69) is 52.6 Å². The highest BCUT2D eigenvalue weighted by Crippen LogP contribution is 2.37. The molecular formula is C26H27N3O2S. The van der Waals surface area contributed by atoms with Gasteiger partial charge in [-0.3, -0.25) is 14.6 Å². The van der Waals surface area contributed by atoms with E-state index in [4.69, 9.17) is 0 Å². The predicted octanol–water partition coefficient (Wildman–Crippen LogP) is 4.58. The first kappa shape index (κ1) is 22.0. The Kier molecular flexibility index (Phi) is 6.81. The summed E-state index contributed by atoms with van der Waals surface area (Å²) in [6.07, 6.45) is 6.83. The second-order valence-electron chi connectivity index (χ2n) is 8.17. The van der Waals surface area contributed by atoms with Crippen molar-refractivity contribution < 1.29 is 9.59 Å². The third-order valence-electron chi connectivity index (χ3n) is 6.08. The topological polar surface area (TPSA) is 62.3 Å². The summed E-state index contributed by atoms with van der Waals surface area (Å²) in [5, 5.41) is 5.08. The quantitative estimate of drug-likeness (QED) is 0.542. The third-order valence-corrected chi connectivity index (χ3v) is 7.00. The van der Waals surface area contributed by atoms with Crippen molar-refractivity contribution >= 4 is 23.2 Å². The molecule has 2 aromatic heterocycles. The summed E-state index contributed by atoms with van der Waals surface area (Å²) in [5.41, 5.74) is 2.34. The smallest absolute Gasteiger partial charge is 0.255 e. The molecule has 164 valence electrons. The van der Waals surface area contributed by atoms with Crippen LogP contribution in [0, 0.1) is 5.41 Å². The number of piperidine rings is 1. The number of pyridine rings is 1. The van der Waals surface area contributed by atoms with E-state index < -0.39 is 5.41 Å². The SMILES string of the molecule is C=CCNC(=O)C1(Cc2cccc(-c3cccs3)c2)CCN(C(=O)c2cccnc2)CC1. The van der Waals surface area contributed by atoms with Crippen molar-refractivity contribution in [3.8, 4) is 10.4 Å². The van der Waals surface area contributed by atoms with Crippen molar-refractivity contribution in [1.82, 2.24) is 15.2 Å². The van der Waals surface area contributed by atoms with Crippen molar-refractivity contribution in [2.24, 2.45) is 5.41 Å². The van der Waals surface area contributed by atoms with Crippen LogP contribution < -0.4 is 5.32 Å². The zero-order valence-electron chi connectivity index (χ0n) is 18.0. The average molecular weight is 446 g/mol. The molecule has 0 atom stereocenters. The van der Waals surface area contributed by atoms with Gasteiger partial charge in [-0.15, -0.1) is 17.9 Å². The number of hydrogen-bond acceptors (Lipinski definition) is 4. The van der Waals surface area contributed by atoms with E-state index in [9.17, 15) is 9.59 Å². The van der Waals surface area contributed by atoms with E-state index in [1.807, 2.05) is 11.0 Å². The fourth-order valence-corrected chi connectivity index (χ4v) is 5.04. The van der Waals surface area contributed by atoms with Crippen LogP contribution in [0.1, 0.15) is 28.8 Å². The Labute approximate surface area is 192 Å². The van der Waals surface area contributed by atoms with Gasteiger partial charge in [0.15, 0.2) is 0 Å². The number of nitrogens with one attached hydrogen (secondary N) is 1. The molecule has 1 fully saturated rings. The number of rotatable bonds is 7. The summed E-state index contributed by atoms with van der Waals surface area (Å²) < 4.78 is 0. The second-order valence-corrected chi connectivity index (χ2v) is 9.12. The Balaban J connectivity index is 1.54. The number of carbonyl (C=O) groups is 2. The van der Waals surface area contributed by atoms with E-state index in [0.29, 0.717) is 44.5 Å². The molecule has 2 amide bonds. The maximum Gasteiger partial charge on any atom is 0.255 e. The zero-order valence-corrected chi connectivity index (χ0v) is 18.8. The lowest BCUT2D eigenvalue weighted by Crippen LogP contribution is -2.51. The second kappa shape index (κ2) is 9.92. The van der Waals surface area contributed by atoms with E-state index in [1.54, 1.807) is 41.9 Å². The van der Waals surface area contributed by atoms with Gasteiger partial charge in [0.2, 0.25) is 5.91 Å². The fraction of sp³-hybridized carbons (Fsp3) is 0.269. The van der Waals surface area contributed by atoms with Crippen LogP contribution in [-0.4, -0.2) is 41.3 Å². The van der Waals surface area contributed by atoms with Crippen molar-refractivity contribution in [2.45, 2.75) is 19.3 Å². The molecule has 1 aliphatic heterocycles. The lowest BCUT2D eigenvalue weighted by molar-refractivity contribution is -0.133. The summed E-state index contributed by atoms with van der Waals surface area (Å²) in [6, 6.07) is 16.1. The first-order valence-electron chi connectivity index (χ1n) is 10.8. The molecule has 1 aromatic carbocycles. The minimum atomic E-state index is -0.553. The van der Waals surface area contributed by atoms with Crippen molar-refractivity contribution in [3.05, 3.63) is 90.1 Å². The molecule has 0 unspecified atom stereocenters. The molecule has 0 saturated carbocycles. The van der Waals surface area contributed by atoms with E-state index in [1.165, 1.54) is 10.4 Å². The zero-order chi connectivity index (χ0) is 22.4. The Hall–Kier alpha value is -3.25. The highest BCUT2D eigenvalue weighted by atomic mass is 32.1. The summed E-state index contributed by atoms with van der Waals surface area (Å²) in [5.74, 6) is 0.00490. The van der Waals surface area contributed by atoms with Gasteiger partial charge in [0.05, 0.1) is 11.0 Å². The number of likely N-dealkylation sites (tertiary alicyclic amines) is 1. The van der Waals surface area contributed by atoms with Crippen LogP contribution in [0.4, 0.5) is 0 Å². The number of carbonyl (C=O) groups excluding carboxylic acids is 2. The number of thiophene rings is 1. The summed E-state index contributed by atoms with van der Waals surface area (Å²) >= 11 is 1.71. The molecule has 0 spiro atoms. The Morgan fingerprint density at radius 1 is 1.16 bits per heavy atom. The van der Waals surface area contributed by atoms with Crippen molar-refractivity contribution in [3.63, 3.8) is 0 Å². The van der Waals surface area contributed by atoms with Crippen molar-refractivity contribution in [2.75, 3.05) is 19.6 Å². The van der Waals surface area contributed by atoms with Crippen molar-refractivity contribution in [1.29, 1.82) is 0 Å². The van der Waals surface area contributed by atoms with Gasteiger partial charge in [0.25, 0.3) is 5.91 Å². The van der Waals surface area contributed by atoms with Crippen LogP contribution in [0.15, 0.2) is 79.0 Å². The number of hydrogen-bond donors (Lipinski definition) is 1. The first-order valence-corrected chi connectivity index (χ1v) is 11.7. The number of benzene rings is 1. The number of aromatic nitrogens is 1. The van der Waals surface area contributed by atoms with Gasteiger partial charge in [0.1, 0.15) is 0 Å². The third kappa shape index (κ3) is 4.81. The average Bonchev–Trinajstić information content (AvgIpc) is 3.38. The predicted molar refractivity (Wildman–Crippen MR) is 128 cm³/mol. The lowest BCUT2D eigenvalue weighted by Gasteiger charge is -2.41. The molecule has 1 N–H and O–H groups in total. The molecular weight excluding hydrogens is 418 g/mol. The molecule has 3 heterocycles. The number of amides is 2. The standard InChI is InChI=1S/C26H27N3O2S/c1-2-12-28-25(31)26(18-20-6-3-7-21(17-20)23-9-5-16-32-23)10-14-29(15-11-26)24(30)22-8-4-13-27-19-22/h2-9,13,16-17,19H,1,10-12,14-15,18H2,(H,28,31). The highest BCUT2D eigenvalue weighted by Gasteiger charge is 2.42. The Bertz CT molecular complexity index is 1070. The molecule has 32 heavy (non-hydrogen) atoms. The molecule has 0 radical (unpaired) electrons. The molecule has 5 nitrogen and oxygen atoms in total. The Morgan fingerprint density at radius 2 is 2.00 bits per heavy atom. The highest BCUT2D eigenvalue weighted by molar-refractivity contribution is 7.13. The maximum atomic E-state index is 13.3. The maximum absolute atomic E-state index is 13.3. The minimum absolute atomic E-state index is 0.0297. The first-order chi connectivity index (χ1) is 15.6. The van der Waals surface area contributed by atoms with E-state index in [-0.39, 0.29) is 11.8 Å². The molecule has 6 heteroatoms. The van der Waals surface area contributed by atoms with Gasteiger partial charge in [-0.25, -0.2) is 0 Å².